The third-order valence-corrected chi connectivity index (χ3v) is 4.02. The molecule has 0 radical (unpaired) electrons. The van der Waals surface area contributed by atoms with Gasteiger partial charge in [-0.05, 0) is 26.8 Å². The van der Waals surface area contributed by atoms with Crippen LogP contribution in [-0.4, -0.2) is 25.7 Å². The fourth-order valence-corrected chi connectivity index (χ4v) is 2.82. The van der Waals surface area contributed by atoms with Gasteiger partial charge in [0.2, 0.25) is 5.91 Å². The first-order valence-electron chi connectivity index (χ1n) is 7.67. The average Bonchev–Trinajstić information content (AvgIpc) is 3.10. The topological polar surface area (TPSA) is 99.4 Å². The van der Waals surface area contributed by atoms with Crippen molar-refractivity contribution in [1.29, 1.82) is 5.26 Å². The van der Waals surface area contributed by atoms with Crippen LogP contribution in [-0.2, 0) is 11.3 Å². The Balaban J connectivity index is 1.84. The van der Waals surface area contributed by atoms with Crippen LogP contribution in [0.15, 0.2) is 24.3 Å². The fraction of sp³-hybridized carbons (Fsp3) is 0.294. The second kappa shape index (κ2) is 6.16. The van der Waals surface area contributed by atoms with Crippen molar-refractivity contribution in [2.24, 2.45) is 0 Å². The molecule has 1 amide bonds. The molecule has 0 aliphatic rings. The van der Waals surface area contributed by atoms with Gasteiger partial charge in [-0.2, -0.15) is 10.4 Å². The number of H-pyrrole nitrogens is 1. The van der Waals surface area contributed by atoms with Crippen molar-refractivity contribution in [3.63, 3.8) is 0 Å². The molecule has 24 heavy (non-hydrogen) atoms. The van der Waals surface area contributed by atoms with Crippen LogP contribution in [0, 0.1) is 25.2 Å². The smallest absolute Gasteiger partial charge is 0.240 e. The Labute approximate surface area is 139 Å². The summed E-state index contributed by atoms with van der Waals surface area (Å²) < 4.78 is 1.86. The summed E-state index contributed by atoms with van der Waals surface area (Å²) in [5, 5.41) is 20.0. The molecule has 7 heteroatoms. The van der Waals surface area contributed by atoms with E-state index in [1.54, 1.807) is 0 Å². The number of rotatable bonds is 4. The number of amides is 1. The Bertz CT molecular complexity index is 946. The van der Waals surface area contributed by atoms with Gasteiger partial charge in [-0.25, -0.2) is 4.98 Å². The van der Waals surface area contributed by atoms with E-state index in [4.69, 9.17) is 0 Å². The molecule has 0 saturated carbocycles. The van der Waals surface area contributed by atoms with Crippen molar-refractivity contribution < 1.29 is 4.79 Å². The Morgan fingerprint density at radius 3 is 2.83 bits per heavy atom. The van der Waals surface area contributed by atoms with Gasteiger partial charge in [0.1, 0.15) is 18.4 Å². The van der Waals surface area contributed by atoms with Crippen LogP contribution < -0.4 is 5.32 Å². The van der Waals surface area contributed by atoms with E-state index in [1.807, 2.05) is 49.6 Å². The van der Waals surface area contributed by atoms with Gasteiger partial charge in [-0.15, -0.1) is 0 Å². The monoisotopic (exact) mass is 322 g/mol. The summed E-state index contributed by atoms with van der Waals surface area (Å²) in [6.07, 6.45) is 0. The molecule has 122 valence electrons. The number of aryl methyl sites for hydroxylation is 1. The van der Waals surface area contributed by atoms with Crippen molar-refractivity contribution in [3.8, 4) is 6.07 Å². The van der Waals surface area contributed by atoms with E-state index in [0.29, 0.717) is 17.2 Å². The van der Waals surface area contributed by atoms with E-state index in [9.17, 15) is 10.1 Å². The third-order valence-electron chi connectivity index (χ3n) is 4.02. The van der Waals surface area contributed by atoms with E-state index in [2.05, 4.69) is 26.6 Å². The molecule has 0 saturated heterocycles. The van der Waals surface area contributed by atoms with Crippen molar-refractivity contribution in [2.45, 2.75) is 33.4 Å². The number of nitrogens with one attached hydrogen (secondary N) is 2. The van der Waals surface area contributed by atoms with E-state index >= 15 is 0 Å². The zero-order chi connectivity index (χ0) is 17.3. The molecule has 2 heterocycles. The number of nitriles is 1. The normalized spacial score (nSPS) is 12.1. The van der Waals surface area contributed by atoms with Crippen LogP contribution in [0.4, 0.5) is 0 Å². The van der Waals surface area contributed by atoms with Crippen molar-refractivity contribution >= 4 is 16.8 Å². The number of aromatic amines is 1. The average molecular weight is 322 g/mol. The summed E-state index contributed by atoms with van der Waals surface area (Å²) in [6.45, 7) is 5.64. The maximum absolute atomic E-state index is 12.4. The van der Waals surface area contributed by atoms with Crippen LogP contribution in [0.1, 0.15) is 35.9 Å². The van der Waals surface area contributed by atoms with Gasteiger partial charge in [0, 0.05) is 11.1 Å². The Morgan fingerprint density at radius 1 is 1.42 bits per heavy atom. The quantitative estimate of drug-likeness (QED) is 0.768. The molecule has 0 fully saturated rings. The number of hydrogen-bond donors (Lipinski definition) is 2. The van der Waals surface area contributed by atoms with Crippen molar-refractivity contribution in [3.05, 3.63) is 47.2 Å². The predicted molar refractivity (Wildman–Crippen MR) is 89.1 cm³/mol. The highest BCUT2D eigenvalue weighted by Gasteiger charge is 2.18. The predicted octanol–water partition coefficient (Wildman–Crippen LogP) is 2.13. The molecule has 0 spiro atoms. The summed E-state index contributed by atoms with van der Waals surface area (Å²) in [4.78, 5) is 16.6. The molecule has 1 aromatic carbocycles. The molecule has 0 bridgehead atoms. The van der Waals surface area contributed by atoms with Gasteiger partial charge in [-0.3, -0.25) is 9.89 Å². The maximum Gasteiger partial charge on any atom is 0.240 e. The summed E-state index contributed by atoms with van der Waals surface area (Å²) in [7, 11) is 0. The minimum Gasteiger partial charge on any atom is -0.345 e. The molecule has 2 aromatic heterocycles. The zero-order valence-electron chi connectivity index (χ0n) is 13.8. The highest BCUT2D eigenvalue weighted by atomic mass is 16.2. The number of para-hydroxylation sites is 1. The number of nitrogens with zero attached hydrogens (tertiary/aromatic N) is 4. The molecule has 7 nitrogen and oxygen atoms in total. The second-order valence-corrected chi connectivity index (χ2v) is 5.74. The van der Waals surface area contributed by atoms with Crippen LogP contribution >= 0.6 is 0 Å². The number of benzene rings is 1. The fourth-order valence-electron chi connectivity index (χ4n) is 2.82. The highest BCUT2D eigenvalue weighted by Crippen LogP contribution is 2.25. The Hall–Kier alpha value is -3.14. The molecule has 0 aliphatic heterocycles. The first kappa shape index (κ1) is 15.7. The number of hydrogen-bond acceptors (Lipinski definition) is 4. The minimum atomic E-state index is -0.292. The van der Waals surface area contributed by atoms with Gasteiger partial charge in [-0.1, -0.05) is 18.2 Å². The molecule has 3 aromatic rings. The number of carbonyl (C=O) groups excluding carboxylic acids is 1. The van der Waals surface area contributed by atoms with E-state index in [-0.39, 0.29) is 18.5 Å². The molecule has 3 rings (SSSR count). The van der Waals surface area contributed by atoms with Crippen LogP contribution in [0.25, 0.3) is 10.9 Å². The highest BCUT2D eigenvalue weighted by molar-refractivity contribution is 5.89. The maximum atomic E-state index is 12.4. The van der Waals surface area contributed by atoms with Gasteiger partial charge in [0.15, 0.2) is 5.82 Å². The second-order valence-electron chi connectivity index (χ2n) is 5.74. The number of aromatic nitrogens is 4. The lowest BCUT2D eigenvalue weighted by Gasteiger charge is -2.12. The molecule has 2 N–H and O–H groups in total. The van der Waals surface area contributed by atoms with Crippen LogP contribution in [0.5, 0.6) is 0 Å². The molecular weight excluding hydrogens is 304 g/mol. The first-order valence-corrected chi connectivity index (χ1v) is 7.67. The lowest BCUT2D eigenvalue weighted by molar-refractivity contribution is -0.122. The SMILES string of the molecule is Cc1nc(C(C)NC(=O)Cn2c(C)c(C#N)c3ccccc32)n[nH]1. The van der Waals surface area contributed by atoms with E-state index < -0.39 is 0 Å². The number of carbonyl (C=O) groups is 1. The third kappa shape index (κ3) is 2.74. The zero-order valence-corrected chi connectivity index (χ0v) is 13.8. The molecule has 0 aliphatic carbocycles. The molecule has 1 atom stereocenters. The lowest BCUT2D eigenvalue weighted by atomic mass is 10.1. The van der Waals surface area contributed by atoms with Gasteiger partial charge >= 0.3 is 0 Å². The van der Waals surface area contributed by atoms with E-state index in [0.717, 1.165) is 16.6 Å². The van der Waals surface area contributed by atoms with Crippen LogP contribution in [0.3, 0.4) is 0 Å². The molecule has 1 unspecified atom stereocenters. The summed E-state index contributed by atoms with van der Waals surface area (Å²) in [5.74, 6) is 1.10. The largest absolute Gasteiger partial charge is 0.345 e. The first-order chi connectivity index (χ1) is 11.5. The Morgan fingerprint density at radius 2 is 2.17 bits per heavy atom. The Kier molecular flexibility index (Phi) is 4.04. The summed E-state index contributed by atoms with van der Waals surface area (Å²) in [6, 6.07) is 9.53. The van der Waals surface area contributed by atoms with Gasteiger partial charge in [0.05, 0.1) is 17.1 Å². The van der Waals surface area contributed by atoms with Crippen molar-refractivity contribution in [2.75, 3.05) is 0 Å². The summed E-state index contributed by atoms with van der Waals surface area (Å²) >= 11 is 0. The number of fused-ring (bicyclic) bond motifs is 1. The van der Waals surface area contributed by atoms with Gasteiger partial charge in [0.25, 0.3) is 0 Å². The summed E-state index contributed by atoms with van der Waals surface area (Å²) in [5.41, 5.74) is 2.27. The lowest BCUT2D eigenvalue weighted by Crippen LogP contribution is -2.31. The van der Waals surface area contributed by atoms with Crippen LogP contribution in [0.2, 0.25) is 0 Å². The minimum absolute atomic E-state index is 0.141. The molecular formula is C17H18N6O. The van der Waals surface area contributed by atoms with Gasteiger partial charge < -0.3 is 9.88 Å². The van der Waals surface area contributed by atoms with Crippen molar-refractivity contribution in [1.82, 2.24) is 25.1 Å². The standard InChI is InChI=1S/C17H18N6O/c1-10(17-20-12(3)21-22-17)19-16(24)9-23-11(2)14(8-18)13-6-4-5-7-15(13)23/h4-7,10H,9H2,1-3H3,(H,19,24)(H,20,21,22). The van der Waals surface area contributed by atoms with E-state index in [1.165, 1.54) is 0 Å².